The third-order valence-electron chi connectivity index (χ3n) is 3.44. The van der Waals surface area contributed by atoms with E-state index in [2.05, 4.69) is 10.6 Å². The fraction of sp³-hybridized carbons (Fsp3) is 0.941. The number of likely N-dealkylation sites (N-methyl/N-ethyl adjacent to an activating group) is 1. The third-order valence-corrected chi connectivity index (χ3v) is 3.44. The van der Waals surface area contributed by atoms with Gasteiger partial charge in [0.05, 0.1) is 26.4 Å². The largest absolute Gasteiger partial charge is 0.385 e. The number of methoxy groups -OCH3 is 1. The normalized spacial score (nSPS) is 10.9. The number of carbonyl (C=O) groups is 1. The standard InChI is InChI=1S/C17H36N2O4/c1-18-10-13-22-15-16-23-14-11-19-17(20)9-7-5-3-4-6-8-12-21-2/h18H,3-16H2,1-2H3,(H,19,20). The molecule has 0 bridgehead atoms. The molecule has 0 aromatic carbocycles. The van der Waals surface area contributed by atoms with Gasteiger partial charge in [-0.25, -0.2) is 0 Å². The van der Waals surface area contributed by atoms with Gasteiger partial charge in [0.25, 0.3) is 0 Å². The molecule has 0 spiro atoms. The lowest BCUT2D eigenvalue weighted by atomic mass is 10.1. The summed E-state index contributed by atoms with van der Waals surface area (Å²) in [4.78, 5) is 11.6. The Kier molecular flexibility index (Phi) is 18.8. The number of unbranched alkanes of at least 4 members (excludes halogenated alkanes) is 5. The molecule has 0 saturated heterocycles. The minimum Gasteiger partial charge on any atom is -0.385 e. The van der Waals surface area contributed by atoms with Gasteiger partial charge in [-0.05, 0) is 19.9 Å². The van der Waals surface area contributed by atoms with Gasteiger partial charge in [-0.15, -0.1) is 0 Å². The Morgan fingerprint density at radius 1 is 0.783 bits per heavy atom. The number of carbonyl (C=O) groups excluding carboxylic acids is 1. The molecular formula is C17H36N2O4. The zero-order valence-corrected chi connectivity index (χ0v) is 15.0. The van der Waals surface area contributed by atoms with Crippen molar-refractivity contribution in [3.05, 3.63) is 0 Å². The molecule has 0 unspecified atom stereocenters. The summed E-state index contributed by atoms with van der Waals surface area (Å²) >= 11 is 0. The van der Waals surface area contributed by atoms with E-state index in [1.807, 2.05) is 7.05 Å². The topological polar surface area (TPSA) is 68.8 Å². The van der Waals surface area contributed by atoms with Crippen LogP contribution in [-0.4, -0.2) is 66.2 Å². The van der Waals surface area contributed by atoms with Gasteiger partial charge in [0.1, 0.15) is 0 Å². The quantitative estimate of drug-likeness (QED) is 0.374. The van der Waals surface area contributed by atoms with Crippen molar-refractivity contribution in [3.8, 4) is 0 Å². The minimum atomic E-state index is 0.123. The predicted molar refractivity (Wildman–Crippen MR) is 92.8 cm³/mol. The van der Waals surface area contributed by atoms with Gasteiger partial charge in [0, 0.05) is 33.2 Å². The van der Waals surface area contributed by atoms with Gasteiger partial charge >= 0.3 is 0 Å². The van der Waals surface area contributed by atoms with Crippen molar-refractivity contribution in [2.24, 2.45) is 0 Å². The molecule has 0 radical (unpaired) electrons. The lowest BCUT2D eigenvalue weighted by Gasteiger charge is -2.07. The summed E-state index contributed by atoms with van der Waals surface area (Å²) in [6.45, 7) is 4.69. The number of hydrogen-bond donors (Lipinski definition) is 2. The second-order valence-corrected chi connectivity index (χ2v) is 5.54. The van der Waals surface area contributed by atoms with Crippen LogP contribution in [0.3, 0.4) is 0 Å². The van der Waals surface area contributed by atoms with Crippen LogP contribution in [0.25, 0.3) is 0 Å². The molecule has 0 saturated carbocycles. The number of hydrogen-bond acceptors (Lipinski definition) is 5. The molecule has 0 aromatic heterocycles. The summed E-state index contributed by atoms with van der Waals surface area (Å²) in [5.41, 5.74) is 0. The SMILES string of the molecule is CNCCOCCOCCNC(=O)CCCCCCCCOC. The summed E-state index contributed by atoms with van der Waals surface area (Å²) in [5, 5.41) is 5.89. The van der Waals surface area contributed by atoms with Crippen molar-refractivity contribution >= 4 is 5.91 Å². The van der Waals surface area contributed by atoms with Gasteiger partial charge < -0.3 is 24.8 Å². The number of nitrogens with one attached hydrogen (secondary N) is 2. The third kappa shape index (κ3) is 19.3. The molecular weight excluding hydrogens is 296 g/mol. The van der Waals surface area contributed by atoms with E-state index in [1.54, 1.807) is 7.11 Å². The molecule has 0 aliphatic carbocycles. The Morgan fingerprint density at radius 3 is 2.04 bits per heavy atom. The Balaban J connectivity index is 3.13. The van der Waals surface area contributed by atoms with Crippen LogP contribution >= 0.6 is 0 Å². The maximum atomic E-state index is 11.6. The van der Waals surface area contributed by atoms with Gasteiger partial charge in [-0.3, -0.25) is 4.79 Å². The van der Waals surface area contributed by atoms with E-state index >= 15 is 0 Å². The first-order chi connectivity index (χ1) is 11.3. The van der Waals surface area contributed by atoms with E-state index in [-0.39, 0.29) is 5.91 Å². The lowest BCUT2D eigenvalue weighted by Crippen LogP contribution is -2.27. The molecule has 2 N–H and O–H groups in total. The van der Waals surface area contributed by atoms with E-state index in [1.165, 1.54) is 19.3 Å². The highest BCUT2D eigenvalue weighted by Gasteiger charge is 2.00. The monoisotopic (exact) mass is 332 g/mol. The summed E-state index contributed by atoms with van der Waals surface area (Å²) in [6, 6.07) is 0. The molecule has 0 heterocycles. The van der Waals surface area contributed by atoms with E-state index in [4.69, 9.17) is 14.2 Å². The lowest BCUT2D eigenvalue weighted by molar-refractivity contribution is -0.121. The summed E-state index contributed by atoms with van der Waals surface area (Å²) in [5.74, 6) is 0.123. The van der Waals surface area contributed by atoms with Crippen molar-refractivity contribution in [1.82, 2.24) is 10.6 Å². The van der Waals surface area contributed by atoms with Crippen LogP contribution in [0.2, 0.25) is 0 Å². The van der Waals surface area contributed by atoms with Crippen molar-refractivity contribution in [2.45, 2.75) is 44.9 Å². The minimum absolute atomic E-state index is 0.123. The van der Waals surface area contributed by atoms with Gasteiger partial charge in [-0.2, -0.15) is 0 Å². The van der Waals surface area contributed by atoms with Crippen LogP contribution in [-0.2, 0) is 19.0 Å². The number of ether oxygens (including phenoxy) is 3. The first kappa shape index (κ1) is 22.3. The molecule has 6 nitrogen and oxygen atoms in total. The van der Waals surface area contributed by atoms with Crippen LogP contribution in [0.1, 0.15) is 44.9 Å². The van der Waals surface area contributed by atoms with Crippen LogP contribution in [0, 0.1) is 0 Å². The molecule has 138 valence electrons. The van der Waals surface area contributed by atoms with E-state index in [0.717, 1.165) is 32.4 Å². The van der Waals surface area contributed by atoms with Gasteiger partial charge in [-0.1, -0.05) is 25.7 Å². The smallest absolute Gasteiger partial charge is 0.220 e. The first-order valence-corrected chi connectivity index (χ1v) is 8.87. The summed E-state index contributed by atoms with van der Waals surface area (Å²) in [6.07, 6.45) is 7.50. The van der Waals surface area contributed by atoms with Crippen molar-refractivity contribution < 1.29 is 19.0 Å². The Bertz CT molecular complexity index is 253. The zero-order valence-electron chi connectivity index (χ0n) is 15.0. The molecule has 0 aromatic rings. The molecule has 0 aliphatic heterocycles. The Hall–Kier alpha value is -0.690. The van der Waals surface area contributed by atoms with Crippen molar-refractivity contribution in [2.75, 3.05) is 60.3 Å². The second-order valence-electron chi connectivity index (χ2n) is 5.54. The summed E-state index contributed by atoms with van der Waals surface area (Å²) in [7, 11) is 3.63. The number of amides is 1. The van der Waals surface area contributed by atoms with Gasteiger partial charge in [0.15, 0.2) is 0 Å². The molecule has 0 atom stereocenters. The van der Waals surface area contributed by atoms with Crippen molar-refractivity contribution in [1.29, 1.82) is 0 Å². The highest BCUT2D eigenvalue weighted by molar-refractivity contribution is 5.75. The Labute approximate surface area is 141 Å². The molecule has 1 amide bonds. The first-order valence-electron chi connectivity index (χ1n) is 8.87. The van der Waals surface area contributed by atoms with E-state index in [9.17, 15) is 4.79 Å². The number of rotatable bonds is 18. The average molecular weight is 332 g/mol. The van der Waals surface area contributed by atoms with Crippen molar-refractivity contribution in [3.63, 3.8) is 0 Å². The predicted octanol–water partition coefficient (Wildman–Crippen LogP) is 1.73. The molecule has 6 heteroatoms. The molecule has 23 heavy (non-hydrogen) atoms. The summed E-state index contributed by atoms with van der Waals surface area (Å²) < 4.78 is 15.7. The highest BCUT2D eigenvalue weighted by Crippen LogP contribution is 2.07. The fourth-order valence-corrected chi connectivity index (χ4v) is 2.09. The van der Waals surface area contributed by atoms with Crippen LogP contribution in [0.5, 0.6) is 0 Å². The van der Waals surface area contributed by atoms with Crippen LogP contribution in [0.4, 0.5) is 0 Å². The van der Waals surface area contributed by atoms with Crippen LogP contribution < -0.4 is 10.6 Å². The van der Waals surface area contributed by atoms with Crippen LogP contribution in [0.15, 0.2) is 0 Å². The zero-order chi connectivity index (χ0) is 17.0. The maximum absolute atomic E-state index is 11.6. The van der Waals surface area contributed by atoms with E-state index < -0.39 is 0 Å². The molecule has 0 fully saturated rings. The average Bonchev–Trinajstić information content (AvgIpc) is 2.56. The maximum Gasteiger partial charge on any atom is 0.220 e. The molecule has 0 aliphatic rings. The second kappa shape index (κ2) is 19.4. The molecule has 0 rings (SSSR count). The fourth-order valence-electron chi connectivity index (χ4n) is 2.09. The van der Waals surface area contributed by atoms with E-state index in [0.29, 0.717) is 39.4 Å². The van der Waals surface area contributed by atoms with Gasteiger partial charge in [0.2, 0.25) is 5.91 Å². The highest BCUT2D eigenvalue weighted by atomic mass is 16.5. The Morgan fingerprint density at radius 2 is 1.39 bits per heavy atom.